The average molecular weight is 334 g/mol. The summed E-state index contributed by atoms with van der Waals surface area (Å²) in [6.07, 6.45) is 3.05. The minimum Gasteiger partial charge on any atom is -0.336 e. The highest BCUT2D eigenvalue weighted by atomic mass is 16.2. The lowest BCUT2D eigenvalue weighted by atomic mass is 10.1. The molecule has 3 nitrogen and oxygen atoms in total. The first-order valence-corrected chi connectivity index (χ1v) is 9.01. The molecule has 1 saturated heterocycles. The number of amides is 1. The third-order valence-electron chi connectivity index (χ3n) is 4.74. The van der Waals surface area contributed by atoms with Crippen molar-refractivity contribution in [1.29, 1.82) is 0 Å². The van der Waals surface area contributed by atoms with Crippen LogP contribution in [0.4, 0.5) is 0 Å². The van der Waals surface area contributed by atoms with Gasteiger partial charge in [0.2, 0.25) is 5.91 Å². The molecule has 0 aliphatic carbocycles. The number of carbonyl (C=O) groups excluding carboxylic acids is 1. The SMILES string of the molecule is CC(=Cc1ccccc1)C(=O)N1CCN(CCc2ccccc2)CC1. The van der Waals surface area contributed by atoms with Gasteiger partial charge in [0.25, 0.3) is 0 Å². The van der Waals surface area contributed by atoms with E-state index in [1.54, 1.807) is 0 Å². The van der Waals surface area contributed by atoms with Crippen LogP contribution in [-0.2, 0) is 11.2 Å². The number of piperazine rings is 1. The molecule has 2 aromatic rings. The van der Waals surface area contributed by atoms with Crippen LogP contribution in [0.3, 0.4) is 0 Å². The van der Waals surface area contributed by atoms with Gasteiger partial charge in [-0.15, -0.1) is 0 Å². The summed E-state index contributed by atoms with van der Waals surface area (Å²) in [5.74, 6) is 0.159. The molecule has 1 fully saturated rings. The van der Waals surface area contributed by atoms with Gasteiger partial charge in [-0.1, -0.05) is 60.7 Å². The lowest BCUT2D eigenvalue weighted by Gasteiger charge is -2.35. The van der Waals surface area contributed by atoms with Gasteiger partial charge in [0.15, 0.2) is 0 Å². The van der Waals surface area contributed by atoms with Crippen LogP contribution >= 0.6 is 0 Å². The van der Waals surface area contributed by atoms with Gasteiger partial charge in [-0.2, -0.15) is 0 Å². The topological polar surface area (TPSA) is 23.6 Å². The summed E-state index contributed by atoms with van der Waals surface area (Å²) in [5.41, 5.74) is 3.27. The molecule has 0 unspecified atom stereocenters. The van der Waals surface area contributed by atoms with Crippen molar-refractivity contribution in [3.63, 3.8) is 0 Å². The van der Waals surface area contributed by atoms with E-state index in [2.05, 4.69) is 35.2 Å². The van der Waals surface area contributed by atoms with Gasteiger partial charge < -0.3 is 4.90 Å². The number of benzene rings is 2. The molecule has 1 amide bonds. The average Bonchev–Trinajstić information content (AvgIpc) is 2.68. The summed E-state index contributed by atoms with van der Waals surface area (Å²) in [5, 5.41) is 0. The molecule has 0 radical (unpaired) electrons. The quantitative estimate of drug-likeness (QED) is 0.782. The maximum Gasteiger partial charge on any atom is 0.249 e. The Morgan fingerprint density at radius 1 is 0.920 bits per heavy atom. The molecule has 0 saturated carbocycles. The Balaban J connectivity index is 1.48. The fourth-order valence-electron chi connectivity index (χ4n) is 3.22. The second kappa shape index (κ2) is 8.63. The minimum absolute atomic E-state index is 0.159. The van der Waals surface area contributed by atoms with Crippen LogP contribution in [0.2, 0.25) is 0 Å². The van der Waals surface area contributed by atoms with Crippen molar-refractivity contribution in [2.45, 2.75) is 13.3 Å². The van der Waals surface area contributed by atoms with Crippen molar-refractivity contribution in [2.75, 3.05) is 32.7 Å². The Hall–Kier alpha value is -2.39. The Bertz CT molecular complexity index is 701. The molecule has 1 aliphatic heterocycles. The molecule has 25 heavy (non-hydrogen) atoms. The van der Waals surface area contributed by atoms with E-state index in [4.69, 9.17) is 0 Å². The van der Waals surface area contributed by atoms with Gasteiger partial charge in [0.05, 0.1) is 0 Å². The zero-order valence-electron chi connectivity index (χ0n) is 14.9. The molecular formula is C22H26N2O. The van der Waals surface area contributed by atoms with Crippen LogP contribution in [0.25, 0.3) is 6.08 Å². The van der Waals surface area contributed by atoms with Gasteiger partial charge in [-0.25, -0.2) is 0 Å². The first-order valence-electron chi connectivity index (χ1n) is 9.01. The summed E-state index contributed by atoms with van der Waals surface area (Å²) < 4.78 is 0. The van der Waals surface area contributed by atoms with Crippen molar-refractivity contribution < 1.29 is 4.79 Å². The molecule has 0 spiro atoms. The number of nitrogens with zero attached hydrogens (tertiary/aromatic N) is 2. The standard InChI is InChI=1S/C22H26N2O/c1-19(18-21-10-6-3-7-11-21)22(25)24-16-14-23(15-17-24)13-12-20-8-4-2-5-9-20/h2-11,18H,12-17H2,1H3. The summed E-state index contributed by atoms with van der Waals surface area (Å²) in [6, 6.07) is 20.6. The lowest BCUT2D eigenvalue weighted by Crippen LogP contribution is -2.49. The molecule has 3 heteroatoms. The van der Waals surface area contributed by atoms with Crippen LogP contribution in [0.1, 0.15) is 18.1 Å². The predicted molar refractivity (Wildman–Crippen MR) is 103 cm³/mol. The highest BCUT2D eigenvalue weighted by molar-refractivity contribution is 5.97. The second-order valence-corrected chi connectivity index (χ2v) is 6.61. The molecule has 3 rings (SSSR count). The third-order valence-corrected chi connectivity index (χ3v) is 4.74. The molecular weight excluding hydrogens is 308 g/mol. The third kappa shape index (κ3) is 5.04. The Labute approximate surface area is 150 Å². The molecule has 0 N–H and O–H groups in total. The van der Waals surface area contributed by atoms with E-state index in [1.165, 1.54) is 5.56 Å². The van der Waals surface area contributed by atoms with Crippen LogP contribution in [0.5, 0.6) is 0 Å². The number of rotatable bonds is 5. The maximum absolute atomic E-state index is 12.6. The first-order chi connectivity index (χ1) is 12.2. The van der Waals surface area contributed by atoms with Gasteiger partial charge in [0, 0.05) is 38.3 Å². The highest BCUT2D eigenvalue weighted by Crippen LogP contribution is 2.12. The molecule has 0 aromatic heterocycles. The molecule has 0 atom stereocenters. The molecule has 1 heterocycles. The highest BCUT2D eigenvalue weighted by Gasteiger charge is 2.21. The van der Waals surface area contributed by atoms with Crippen LogP contribution in [-0.4, -0.2) is 48.4 Å². The first kappa shape index (κ1) is 17.4. The molecule has 1 aliphatic rings. The van der Waals surface area contributed by atoms with E-state index in [0.29, 0.717) is 0 Å². The normalized spacial score (nSPS) is 16.0. The Morgan fingerprint density at radius 3 is 2.16 bits per heavy atom. The Morgan fingerprint density at radius 2 is 1.52 bits per heavy atom. The van der Waals surface area contributed by atoms with E-state index in [0.717, 1.165) is 50.3 Å². The number of carbonyl (C=O) groups is 1. The van der Waals surface area contributed by atoms with E-state index in [-0.39, 0.29) is 5.91 Å². The predicted octanol–water partition coefficient (Wildman–Crippen LogP) is 3.48. The van der Waals surface area contributed by atoms with Crippen molar-refractivity contribution >= 4 is 12.0 Å². The van der Waals surface area contributed by atoms with E-state index in [1.807, 2.05) is 48.2 Å². The number of hydrogen-bond acceptors (Lipinski definition) is 2. The van der Waals surface area contributed by atoms with Crippen molar-refractivity contribution in [1.82, 2.24) is 9.80 Å². The molecule has 0 bridgehead atoms. The fraction of sp³-hybridized carbons (Fsp3) is 0.318. The molecule has 130 valence electrons. The van der Waals surface area contributed by atoms with Crippen LogP contribution in [0, 0.1) is 0 Å². The fourth-order valence-corrected chi connectivity index (χ4v) is 3.22. The second-order valence-electron chi connectivity index (χ2n) is 6.61. The monoisotopic (exact) mass is 334 g/mol. The summed E-state index contributed by atoms with van der Waals surface area (Å²) in [4.78, 5) is 17.1. The zero-order chi connectivity index (χ0) is 17.5. The van der Waals surface area contributed by atoms with Crippen molar-refractivity contribution in [3.05, 3.63) is 77.4 Å². The van der Waals surface area contributed by atoms with E-state index in [9.17, 15) is 4.79 Å². The van der Waals surface area contributed by atoms with Gasteiger partial charge in [0.1, 0.15) is 0 Å². The van der Waals surface area contributed by atoms with Crippen molar-refractivity contribution in [3.8, 4) is 0 Å². The minimum atomic E-state index is 0.159. The van der Waals surface area contributed by atoms with Gasteiger partial charge in [-0.3, -0.25) is 9.69 Å². The molecule has 2 aromatic carbocycles. The zero-order valence-corrected chi connectivity index (χ0v) is 14.9. The summed E-state index contributed by atoms with van der Waals surface area (Å²) in [6.45, 7) is 6.51. The lowest BCUT2D eigenvalue weighted by molar-refractivity contribution is -0.128. The smallest absolute Gasteiger partial charge is 0.249 e. The van der Waals surface area contributed by atoms with Gasteiger partial charge in [-0.05, 0) is 30.5 Å². The van der Waals surface area contributed by atoms with E-state index >= 15 is 0 Å². The van der Waals surface area contributed by atoms with Gasteiger partial charge >= 0.3 is 0 Å². The van der Waals surface area contributed by atoms with Crippen LogP contribution in [0.15, 0.2) is 66.2 Å². The van der Waals surface area contributed by atoms with Crippen LogP contribution < -0.4 is 0 Å². The van der Waals surface area contributed by atoms with Crippen molar-refractivity contribution in [2.24, 2.45) is 0 Å². The van der Waals surface area contributed by atoms with E-state index < -0.39 is 0 Å². The maximum atomic E-state index is 12.6. The Kier molecular flexibility index (Phi) is 6.02. The largest absolute Gasteiger partial charge is 0.336 e. The summed E-state index contributed by atoms with van der Waals surface area (Å²) in [7, 11) is 0. The summed E-state index contributed by atoms with van der Waals surface area (Å²) >= 11 is 0. The number of hydrogen-bond donors (Lipinski definition) is 0.